The second-order valence-corrected chi connectivity index (χ2v) is 7.73. The normalized spacial score (nSPS) is 23.1. The van der Waals surface area contributed by atoms with Crippen LogP contribution in [0.1, 0.15) is 37.9 Å². The van der Waals surface area contributed by atoms with Crippen molar-refractivity contribution in [3.8, 4) is 0 Å². The van der Waals surface area contributed by atoms with Crippen molar-refractivity contribution in [3.63, 3.8) is 0 Å². The van der Waals surface area contributed by atoms with Gasteiger partial charge in [0.15, 0.2) is 5.17 Å². The Morgan fingerprint density at radius 1 is 1.50 bits per heavy atom. The summed E-state index contributed by atoms with van der Waals surface area (Å²) in [6, 6.07) is 0.524. The highest BCUT2D eigenvalue weighted by atomic mass is 32.2. The van der Waals surface area contributed by atoms with Gasteiger partial charge in [-0.05, 0) is 18.8 Å². The summed E-state index contributed by atoms with van der Waals surface area (Å²) >= 11 is 3.51. The van der Waals surface area contributed by atoms with Crippen LogP contribution in [0.3, 0.4) is 0 Å². The van der Waals surface area contributed by atoms with Gasteiger partial charge in [0.2, 0.25) is 0 Å². The molecule has 1 aliphatic rings. The van der Waals surface area contributed by atoms with E-state index in [-0.39, 0.29) is 0 Å². The van der Waals surface area contributed by atoms with Crippen molar-refractivity contribution in [2.45, 2.75) is 46.7 Å². The number of amidine groups is 1. The van der Waals surface area contributed by atoms with Crippen molar-refractivity contribution < 1.29 is 0 Å². The number of aromatic nitrogens is 1. The minimum atomic E-state index is 0.291. The molecule has 1 unspecified atom stereocenters. The first-order valence-electron chi connectivity index (χ1n) is 6.30. The highest BCUT2D eigenvalue weighted by molar-refractivity contribution is 8.13. The second-order valence-electron chi connectivity index (χ2n) is 5.70. The molecule has 2 rings (SSSR count). The molecular formula is C13H21N3S2. The molecule has 1 atom stereocenters. The third-order valence-corrected chi connectivity index (χ3v) is 4.92. The molecule has 5 heteroatoms. The number of nitrogens with zero attached hydrogens (tertiary/aromatic N) is 2. The third kappa shape index (κ3) is 3.72. The molecule has 1 aromatic heterocycles. The average molecular weight is 283 g/mol. The molecule has 18 heavy (non-hydrogen) atoms. The summed E-state index contributed by atoms with van der Waals surface area (Å²) in [5.74, 6) is 1.16. The van der Waals surface area contributed by atoms with E-state index in [1.807, 2.05) is 18.7 Å². The minimum Gasteiger partial charge on any atom is -0.362 e. The van der Waals surface area contributed by atoms with Crippen molar-refractivity contribution in [2.75, 3.05) is 5.75 Å². The summed E-state index contributed by atoms with van der Waals surface area (Å²) in [6.07, 6.45) is 1.21. The lowest BCUT2D eigenvalue weighted by Crippen LogP contribution is -2.46. The Labute approximate surface area is 118 Å². The zero-order valence-corrected chi connectivity index (χ0v) is 13.1. The largest absolute Gasteiger partial charge is 0.362 e. The van der Waals surface area contributed by atoms with Gasteiger partial charge in [-0.3, -0.25) is 4.99 Å². The van der Waals surface area contributed by atoms with Crippen LogP contribution in [-0.4, -0.2) is 21.9 Å². The van der Waals surface area contributed by atoms with Gasteiger partial charge in [0.1, 0.15) is 5.01 Å². The molecule has 2 heterocycles. The number of nitrogens with one attached hydrogen (secondary N) is 1. The van der Waals surface area contributed by atoms with Crippen molar-refractivity contribution in [1.29, 1.82) is 0 Å². The molecule has 1 aliphatic heterocycles. The van der Waals surface area contributed by atoms with Crippen molar-refractivity contribution >= 4 is 28.3 Å². The second kappa shape index (κ2) is 5.61. The Balaban J connectivity index is 1.96. The third-order valence-electron chi connectivity index (χ3n) is 3.01. The lowest BCUT2D eigenvalue weighted by Gasteiger charge is -2.35. The summed E-state index contributed by atoms with van der Waals surface area (Å²) in [7, 11) is 0. The maximum absolute atomic E-state index is 4.65. The molecule has 1 aromatic rings. The van der Waals surface area contributed by atoms with E-state index >= 15 is 0 Å². The lowest BCUT2D eigenvalue weighted by atomic mass is 9.85. The Morgan fingerprint density at radius 2 is 2.28 bits per heavy atom. The molecule has 0 spiro atoms. The van der Waals surface area contributed by atoms with E-state index < -0.39 is 0 Å². The molecule has 0 radical (unpaired) electrons. The molecule has 0 amide bonds. The first kappa shape index (κ1) is 13.9. The molecule has 1 fully saturated rings. The summed E-state index contributed by atoms with van der Waals surface area (Å²) in [4.78, 5) is 9.08. The number of thioether (sulfide) groups is 1. The van der Waals surface area contributed by atoms with E-state index in [2.05, 4.69) is 41.4 Å². The van der Waals surface area contributed by atoms with Gasteiger partial charge in [0, 0.05) is 22.9 Å². The van der Waals surface area contributed by atoms with E-state index in [9.17, 15) is 0 Å². The maximum atomic E-state index is 4.65. The zero-order valence-electron chi connectivity index (χ0n) is 11.5. The monoisotopic (exact) mass is 283 g/mol. The fourth-order valence-electron chi connectivity index (χ4n) is 1.89. The Hall–Kier alpha value is -0.550. The van der Waals surface area contributed by atoms with Crippen molar-refractivity contribution in [2.24, 2.45) is 10.4 Å². The van der Waals surface area contributed by atoms with Crippen LogP contribution in [-0.2, 0) is 6.54 Å². The van der Waals surface area contributed by atoms with Crippen LogP contribution in [0.2, 0.25) is 0 Å². The van der Waals surface area contributed by atoms with Gasteiger partial charge >= 0.3 is 0 Å². The van der Waals surface area contributed by atoms with E-state index in [4.69, 9.17) is 0 Å². The quantitative estimate of drug-likeness (QED) is 0.903. The van der Waals surface area contributed by atoms with Gasteiger partial charge in [-0.2, -0.15) is 0 Å². The van der Waals surface area contributed by atoms with E-state index in [1.54, 1.807) is 11.3 Å². The Kier molecular flexibility index (Phi) is 4.33. The molecule has 0 bridgehead atoms. The van der Waals surface area contributed by atoms with Crippen LogP contribution in [0, 0.1) is 12.3 Å². The van der Waals surface area contributed by atoms with E-state index in [0.717, 1.165) is 21.6 Å². The molecule has 0 saturated carbocycles. The summed E-state index contributed by atoms with van der Waals surface area (Å²) in [5, 5.41) is 7.81. The molecule has 100 valence electrons. The van der Waals surface area contributed by atoms with Gasteiger partial charge in [-0.15, -0.1) is 11.3 Å². The smallest absolute Gasteiger partial charge is 0.157 e. The van der Waals surface area contributed by atoms with Crippen molar-refractivity contribution in [1.82, 2.24) is 10.3 Å². The number of aliphatic imine (C=N–C) groups is 1. The number of rotatable bonds is 2. The van der Waals surface area contributed by atoms with Crippen LogP contribution in [0.25, 0.3) is 0 Å². The highest BCUT2D eigenvalue weighted by Gasteiger charge is 2.28. The molecule has 0 aromatic carbocycles. The minimum absolute atomic E-state index is 0.291. The summed E-state index contributed by atoms with van der Waals surface area (Å²) in [6.45, 7) is 9.56. The van der Waals surface area contributed by atoms with E-state index in [0.29, 0.717) is 18.0 Å². The van der Waals surface area contributed by atoms with Crippen LogP contribution in [0.4, 0.5) is 0 Å². The van der Waals surface area contributed by atoms with Crippen LogP contribution < -0.4 is 5.32 Å². The fraction of sp³-hybridized carbons (Fsp3) is 0.692. The lowest BCUT2D eigenvalue weighted by molar-refractivity contribution is 0.290. The first-order chi connectivity index (χ1) is 8.45. The molecule has 3 nitrogen and oxygen atoms in total. The highest BCUT2D eigenvalue weighted by Crippen LogP contribution is 2.27. The average Bonchev–Trinajstić information content (AvgIpc) is 2.72. The Bertz CT molecular complexity index is 432. The number of aryl methyl sites for hydroxylation is 1. The van der Waals surface area contributed by atoms with Gasteiger partial charge < -0.3 is 5.32 Å². The van der Waals surface area contributed by atoms with Gasteiger partial charge in [0.05, 0.1) is 6.54 Å². The maximum Gasteiger partial charge on any atom is 0.157 e. The zero-order chi connectivity index (χ0) is 13.2. The first-order valence-corrected chi connectivity index (χ1v) is 8.16. The predicted octanol–water partition coefficient (Wildman–Crippen LogP) is 3.45. The number of hydrogen-bond donors (Lipinski definition) is 1. The topological polar surface area (TPSA) is 37.3 Å². The van der Waals surface area contributed by atoms with Gasteiger partial charge in [-0.25, -0.2) is 4.98 Å². The molecule has 1 N–H and O–H groups in total. The van der Waals surface area contributed by atoms with Gasteiger partial charge in [-0.1, -0.05) is 32.5 Å². The molecular weight excluding hydrogens is 262 g/mol. The summed E-state index contributed by atoms with van der Waals surface area (Å²) < 4.78 is 0. The Morgan fingerprint density at radius 3 is 2.89 bits per heavy atom. The fourth-order valence-corrected chi connectivity index (χ4v) is 3.52. The van der Waals surface area contributed by atoms with Crippen molar-refractivity contribution in [3.05, 3.63) is 16.1 Å². The van der Waals surface area contributed by atoms with Crippen LogP contribution >= 0.6 is 23.1 Å². The molecule has 1 saturated heterocycles. The number of hydrogen-bond acceptors (Lipinski definition) is 4. The van der Waals surface area contributed by atoms with Crippen LogP contribution in [0.15, 0.2) is 10.4 Å². The van der Waals surface area contributed by atoms with E-state index in [1.165, 1.54) is 6.42 Å². The molecule has 0 aliphatic carbocycles. The SMILES string of the molecule is Cc1csc(CN=C2NC(C(C)(C)C)CCS2)n1. The van der Waals surface area contributed by atoms with Gasteiger partial charge in [0.25, 0.3) is 0 Å². The summed E-state index contributed by atoms with van der Waals surface area (Å²) in [5.41, 5.74) is 1.38. The van der Waals surface area contributed by atoms with Crippen LogP contribution in [0.5, 0.6) is 0 Å². The predicted molar refractivity (Wildman–Crippen MR) is 81.4 cm³/mol. The number of thiazole rings is 1. The standard InChI is InChI=1S/C13H21N3S2/c1-9-8-18-11(15-9)7-14-12-16-10(5-6-17-12)13(2,3)4/h8,10H,5-7H2,1-4H3,(H,14,16).